The van der Waals surface area contributed by atoms with Crippen molar-refractivity contribution in [2.75, 3.05) is 13.3 Å². The van der Waals surface area contributed by atoms with Crippen molar-refractivity contribution in [1.82, 2.24) is 9.99 Å². The van der Waals surface area contributed by atoms with Crippen LogP contribution in [0.4, 0.5) is 0 Å². The van der Waals surface area contributed by atoms with Gasteiger partial charge >= 0.3 is 0 Å². The predicted molar refractivity (Wildman–Crippen MR) is 68.8 cm³/mol. The highest BCUT2D eigenvalue weighted by atomic mass is 32.2. The van der Waals surface area contributed by atoms with E-state index in [4.69, 9.17) is 18.0 Å². The van der Waals surface area contributed by atoms with E-state index in [-0.39, 0.29) is 0 Å². The molecule has 6 heteroatoms. The molecular formula is C9H12N4S2. The van der Waals surface area contributed by atoms with E-state index in [1.165, 1.54) is 11.8 Å². The Morgan fingerprint density at radius 3 is 2.67 bits per heavy atom. The minimum atomic E-state index is 0.427. The molecule has 0 bridgehead atoms. The minimum absolute atomic E-state index is 0.427. The van der Waals surface area contributed by atoms with Crippen molar-refractivity contribution in [3.63, 3.8) is 0 Å². The Hall–Kier alpha value is -1.14. The summed E-state index contributed by atoms with van der Waals surface area (Å²) in [5, 5.41) is 5.74. The van der Waals surface area contributed by atoms with Crippen LogP contribution in [0.2, 0.25) is 0 Å². The van der Waals surface area contributed by atoms with Gasteiger partial charge in [0.1, 0.15) is 0 Å². The topological polar surface area (TPSA) is 54.5 Å². The van der Waals surface area contributed by atoms with Crippen LogP contribution in [0.15, 0.2) is 29.6 Å². The molecular weight excluding hydrogens is 228 g/mol. The largest absolute Gasteiger partial charge is 0.382 e. The Kier molecular flexibility index (Phi) is 4.51. The van der Waals surface area contributed by atoms with E-state index in [0.29, 0.717) is 10.2 Å². The van der Waals surface area contributed by atoms with E-state index >= 15 is 0 Å². The fraction of sp³-hybridized carbons (Fsp3) is 0.222. The molecule has 0 amide bonds. The maximum Gasteiger partial charge on any atom is 0.156 e. The van der Waals surface area contributed by atoms with Gasteiger partial charge in [0.05, 0.1) is 0 Å². The van der Waals surface area contributed by atoms with Gasteiger partial charge in [0.2, 0.25) is 0 Å². The first-order valence-electron chi connectivity index (χ1n) is 4.21. The maximum atomic E-state index is 5.80. The lowest BCUT2D eigenvalue weighted by molar-refractivity contribution is 0.564. The van der Waals surface area contributed by atoms with Crippen LogP contribution >= 0.6 is 24.0 Å². The smallest absolute Gasteiger partial charge is 0.156 e. The van der Waals surface area contributed by atoms with E-state index in [0.717, 1.165) is 5.56 Å². The predicted octanol–water partition coefficient (Wildman–Crippen LogP) is 1.28. The monoisotopic (exact) mass is 240 g/mol. The molecule has 2 N–H and O–H groups in total. The third-order valence-electron chi connectivity index (χ3n) is 1.67. The van der Waals surface area contributed by atoms with Crippen molar-refractivity contribution in [1.29, 1.82) is 0 Å². The SMILES string of the molecule is CSC(=S)N(C)/N=C(\N)c1ccncc1. The second-order valence-electron chi connectivity index (χ2n) is 2.71. The zero-order chi connectivity index (χ0) is 11.3. The highest BCUT2D eigenvalue weighted by Crippen LogP contribution is 2.04. The van der Waals surface area contributed by atoms with E-state index in [2.05, 4.69) is 10.1 Å². The number of hydrazone groups is 1. The average molecular weight is 240 g/mol. The summed E-state index contributed by atoms with van der Waals surface area (Å²) in [6.45, 7) is 0. The van der Waals surface area contributed by atoms with Crippen molar-refractivity contribution in [3.8, 4) is 0 Å². The molecule has 4 nitrogen and oxygen atoms in total. The fourth-order valence-corrected chi connectivity index (χ4v) is 1.26. The summed E-state index contributed by atoms with van der Waals surface area (Å²) in [6.07, 6.45) is 5.24. The van der Waals surface area contributed by atoms with Crippen molar-refractivity contribution < 1.29 is 0 Å². The molecule has 0 atom stereocenters. The second-order valence-corrected chi connectivity index (χ2v) is 4.15. The van der Waals surface area contributed by atoms with Crippen LogP contribution in [-0.4, -0.2) is 33.5 Å². The minimum Gasteiger partial charge on any atom is -0.382 e. The molecule has 0 aliphatic rings. The van der Waals surface area contributed by atoms with Gasteiger partial charge in [-0.25, -0.2) is 5.01 Å². The molecule has 1 rings (SSSR count). The molecule has 0 radical (unpaired) electrons. The Balaban J connectivity index is 2.80. The van der Waals surface area contributed by atoms with Crippen LogP contribution in [0.3, 0.4) is 0 Å². The summed E-state index contributed by atoms with van der Waals surface area (Å²) in [4.78, 5) is 3.90. The summed E-state index contributed by atoms with van der Waals surface area (Å²) < 4.78 is 0.673. The third-order valence-corrected chi connectivity index (χ3v) is 3.05. The lowest BCUT2D eigenvalue weighted by Crippen LogP contribution is -2.23. The van der Waals surface area contributed by atoms with Crippen LogP contribution in [-0.2, 0) is 0 Å². The highest BCUT2D eigenvalue weighted by molar-refractivity contribution is 8.22. The number of hydrogen-bond donors (Lipinski definition) is 1. The van der Waals surface area contributed by atoms with Gasteiger partial charge < -0.3 is 5.73 Å². The number of aromatic nitrogens is 1. The first kappa shape index (κ1) is 11.9. The Morgan fingerprint density at radius 1 is 1.53 bits per heavy atom. The van der Waals surface area contributed by atoms with Crippen LogP contribution in [0, 0.1) is 0 Å². The summed E-state index contributed by atoms with van der Waals surface area (Å²) >= 11 is 6.51. The number of hydrogen-bond acceptors (Lipinski definition) is 4. The van der Waals surface area contributed by atoms with Crippen molar-refractivity contribution >= 4 is 34.1 Å². The fourth-order valence-electron chi connectivity index (χ4n) is 0.915. The average Bonchev–Trinajstić information content (AvgIpc) is 2.29. The Bertz CT molecular complexity index is 364. The van der Waals surface area contributed by atoms with E-state index < -0.39 is 0 Å². The molecule has 0 aromatic carbocycles. The van der Waals surface area contributed by atoms with Crippen LogP contribution in [0.5, 0.6) is 0 Å². The number of nitrogens with two attached hydrogens (primary N) is 1. The summed E-state index contributed by atoms with van der Waals surface area (Å²) in [6, 6.07) is 3.60. The normalized spacial score (nSPS) is 11.2. The number of rotatable bonds is 2. The molecule has 0 aliphatic carbocycles. The van der Waals surface area contributed by atoms with E-state index in [1.54, 1.807) is 36.6 Å². The second kappa shape index (κ2) is 5.67. The molecule has 1 aromatic rings. The summed E-state index contributed by atoms with van der Waals surface area (Å²) in [5.74, 6) is 0.427. The molecule has 0 saturated carbocycles. The first-order valence-corrected chi connectivity index (χ1v) is 5.84. The van der Waals surface area contributed by atoms with Gasteiger partial charge in [0.15, 0.2) is 10.2 Å². The molecule has 1 heterocycles. The zero-order valence-corrected chi connectivity index (χ0v) is 10.2. The Labute approximate surface area is 98.6 Å². The van der Waals surface area contributed by atoms with E-state index in [1.807, 2.05) is 6.26 Å². The van der Waals surface area contributed by atoms with Gasteiger partial charge in [-0.2, -0.15) is 5.10 Å². The quantitative estimate of drug-likeness (QED) is 0.365. The van der Waals surface area contributed by atoms with Gasteiger partial charge in [-0.1, -0.05) is 24.0 Å². The van der Waals surface area contributed by atoms with Crippen LogP contribution in [0.25, 0.3) is 0 Å². The lowest BCUT2D eigenvalue weighted by Gasteiger charge is -2.12. The van der Waals surface area contributed by atoms with Gasteiger partial charge in [-0.15, -0.1) is 0 Å². The molecule has 0 aliphatic heterocycles. The molecule has 0 saturated heterocycles. The van der Waals surface area contributed by atoms with Crippen molar-refractivity contribution in [3.05, 3.63) is 30.1 Å². The zero-order valence-electron chi connectivity index (χ0n) is 8.54. The summed E-state index contributed by atoms with van der Waals surface area (Å²) in [5.41, 5.74) is 6.63. The van der Waals surface area contributed by atoms with Gasteiger partial charge in [-0.05, 0) is 18.4 Å². The number of thiocarbonyl (C=S) groups is 1. The third kappa shape index (κ3) is 3.49. The molecule has 0 unspecified atom stereocenters. The van der Waals surface area contributed by atoms with Crippen molar-refractivity contribution in [2.45, 2.75) is 0 Å². The first-order chi connectivity index (χ1) is 7.15. The molecule has 0 spiro atoms. The molecule has 80 valence electrons. The van der Waals surface area contributed by atoms with Gasteiger partial charge in [0.25, 0.3) is 0 Å². The lowest BCUT2D eigenvalue weighted by atomic mass is 10.2. The molecule has 0 fully saturated rings. The van der Waals surface area contributed by atoms with Crippen LogP contribution < -0.4 is 5.73 Å². The van der Waals surface area contributed by atoms with Gasteiger partial charge in [0, 0.05) is 25.0 Å². The number of pyridine rings is 1. The number of thioether (sulfide) groups is 1. The standard InChI is InChI=1S/C9H12N4S2/c1-13(9(14)15-2)12-8(10)7-3-5-11-6-4-7/h3-6H,1-2H3,(H2,10,12). The van der Waals surface area contributed by atoms with Crippen molar-refractivity contribution in [2.24, 2.45) is 10.8 Å². The molecule has 15 heavy (non-hydrogen) atoms. The number of nitrogens with zero attached hydrogens (tertiary/aromatic N) is 3. The van der Waals surface area contributed by atoms with Crippen LogP contribution in [0.1, 0.15) is 5.56 Å². The molecule has 1 aromatic heterocycles. The Morgan fingerprint density at radius 2 is 2.13 bits per heavy atom. The number of amidine groups is 1. The maximum absolute atomic E-state index is 5.80. The van der Waals surface area contributed by atoms with Gasteiger partial charge in [-0.3, -0.25) is 4.98 Å². The highest BCUT2D eigenvalue weighted by Gasteiger charge is 2.03. The van der Waals surface area contributed by atoms with E-state index in [9.17, 15) is 0 Å². The summed E-state index contributed by atoms with van der Waals surface area (Å²) in [7, 11) is 1.77.